The third-order valence-electron chi connectivity index (χ3n) is 4.78. The van der Waals surface area contributed by atoms with Gasteiger partial charge in [0.2, 0.25) is 0 Å². The van der Waals surface area contributed by atoms with Gasteiger partial charge in [0.05, 0.1) is 0 Å². The van der Waals surface area contributed by atoms with Crippen LogP contribution in [0.3, 0.4) is 0 Å². The van der Waals surface area contributed by atoms with Crippen LogP contribution in [0, 0.1) is 5.92 Å². The Bertz CT molecular complexity index is 379. The number of hydrogen-bond donors (Lipinski definition) is 0. The first-order chi connectivity index (χ1) is 8.22. The predicted molar refractivity (Wildman–Crippen MR) is 71.9 cm³/mol. The SMILES string of the molecule is CCC(C)N1C2CC(C)CC1c1ccccc12. The molecule has 0 N–H and O–H groups in total. The van der Waals surface area contributed by atoms with Crippen molar-refractivity contribution in [3.05, 3.63) is 35.4 Å². The van der Waals surface area contributed by atoms with E-state index < -0.39 is 0 Å². The van der Waals surface area contributed by atoms with Crippen LogP contribution in [0.4, 0.5) is 0 Å². The van der Waals surface area contributed by atoms with Crippen LogP contribution < -0.4 is 0 Å². The highest BCUT2D eigenvalue weighted by atomic mass is 15.2. The van der Waals surface area contributed by atoms with Gasteiger partial charge in [-0.15, -0.1) is 0 Å². The minimum atomic E-state index is 0.690. The zero-order valence-corrected chi connectivity index (χ0v) is 11.2. The average Bonchev–Trinajstić information content (AvgIpc) is 2.56. The molecule has 1 aromatic carbocycles. The largest absolute Gasteiger partial charge is 0.287 e. The minimum absolute atomic E-state index is 0.690. The molecule has 2 aliphatic rings. The van der Waals surface area contributed by atoms with Crippen molar-refractivity contribution in [1.29, 1.82) is 0 Å². The van der Waals surface area contributed by atoms with Gasteiger partial charge >= 0.3 is 0 Å². The van der Waals surface area contributed by atoms with E-state index in [9.17, 15) is 0 Å². The molecule has 1 heteroatoms. The van der Waals surface area contributed by atoms with Gasteiger partial charge in [-0.25, -0.2) is 0 Å². The van der Waals surface area contributed by atoms with E-state index in [1.54, 1.807) is 11.1 Å². The van der Waals surface area contributed by atoms with E-state index in [0.29, 0.717) is 18.1 Å². The van der Waals surface area contributed by atoms with Gasteiger partial charge in [-0.1, -0.05) is 38.1 Å². The van der Waals surface area contributed by atoms with Crippen LogP contribution in [0.2, 0.25) is 0 Å². The summed E-state index contributed by atoms with van der Waals surface area (Å²) in [5.41, 5.74) is 3.23. The summed E-state index contributed by atoms with van der Waals surface area (Å²) in [4.78, 5) is 2.78. The summed E-state index contributed by atoms with van der Waals surface area (Å²) in [6.45, 7) is 7.12. The second-order valence-electron chi connectivity index (χ2n) is 5.94. The molecule has 0 amide bonds. The molecule has 3 atom stereocenters. The summed E-state index contributed by atoms with van der Waals surface area (Å²) in [6.07, 6.45) is 3.95. The number of piperidine rings is 1. The lowest BCUT2D eigenvalue weighted by atomic mass is 9.89. The fourth-order valence-electron chi connectivity index (χ4n) is 3.84. The van der Waals surface area contributed by atoms with Crippen molar-refractivity contribution in [2.75, 3.05) is 0 Å². The first kappa shape index (κ1) is 11.3. The number of benzene rings is 1. The molecule has 1 saturated heterocycles. The van der Waals surface area contributed by atoms with E-state index in [4.69, 9.17) is 0 Å². The zero-order chi connectivity index (χ0) is 12.0. The topological polar surface area (TPSA) is 3.24 Å². The van der Waals surface area contributed by atoms with E-state index in [1.165, 1.54) is 19.3 Å². The Kier molecular flexibility index (Phi) is 2.74. The van der Waals surface area contributed by atoms with E-state index in [0.717, 1.165) is 5.92 Å². The quantitative estimate of drug-likeness (QED) is 0.730. The summed E-state index contributed by atoms with van der Waals surface area (Å²) >= 11 is 0. The van der Waals surface area contributed by atoms with Crippen LogP contribution >= 0.6 is 0 Å². The summed E-state index contributed by atoms with van der Waals surface area (Å²) < 4.78 is 0. The van der Waals surface area contributed by atoms with E-state index in [1.807, 2.05) is 0 Å². The van der Waals surface area contributed by atoms with Crippen molar-refractivity contribution in [1.82, 2.24) is 4.90 Å². The standard InChI is InChI=1S/C16H23N/c1-4-12(3)17-15-9-11(2)10-16(17)14-8-6-5-7-13(14)15/h5-8,11-12,15-16H,4,9-10H2,1-3H3. The highest BCUT2D eigenvalue weighted by Crippen LogP contribution is 2.53. The van der Waals surface area contributed by atoms with Crippen LogP contribution in [0.25, 0.3) is 0 Å². The predicted octanol–water partition coefficient (Wildman–Crippen LogP) is 4.31. The summed E-state index contributed by atoms with van der Waals surface area (Å²) in [7, 11) is 0. The monoisotopic (exact) mass is 229 g/mol. The molecular weight excluding hydrogens is 206 g/mol. The van der Waals surface area contributed by atoms with Gasteiger partial charge in [0.15, 0.2) is 0 Å². The van der Waals surface area contributed by atoms with Crippen molar-refractivity contribution < 1.29 is 0 Å². The Morgan fingerprint density at radius 2 is 1.71 bits per heavy atom. The lowest BCUT2D eigenvalue weighted by molar-refractivity contribution is 0.0416. The van der Waals surface area contributed by atoms with Gasteiger partial charge in [-0.05, 0) is 43.2 Å². The fraction of sp³-hybridized carbons (Fsp3) is 0.625. The first-order valence-corrected chi connectivity index (χ1v) is 7.08. The molecule has 0 radical (unpaired) electrons. The van der Waals surface area contributed by atoms with Gasteiger partial charge in [0, 0.05) is 18.1 Å². The molecule has 0 aliphatic carbocycles. The Morgan fingerprint density at radius 1 is 1.18 bits per heavy atom. The second kappa shape index (κ2) is 4.13. The van der Waals surface area contributed by atoms with Crippen molar-refractivity contribution >= 4 is 0 Å². The first-order valence-electron chi connectivity index (χ1n) is 7.08. The van der Waals surface area contributed by atoms with Crippen LogP contribution in [0.15, 0.2) is 24.3 Å². The molecule has 0 saturated carbocycles. The lowest BCUT2D eigenvalue weighted by Gasteiger charge is -2.41. The number of fused-ring (bicyclic) bond motifs is 5. The normalized spacial score (nSPS) is 33.5. The molecule has 2 aliphatic heterocycles. The third-order valence-corrected chi connectivity index (χ3v) is 4.78. The van der Waals surface area contributed by atoms with Gasteiger partial charge in [0.25, 0.3) is 0 Å². The molecule has 0 spiro atoms. The second-order valence-corrected chi connectivity index (χ2v) is 5.94. The van der Waals surface area contributed by atoms with Crippen LogP contribution in [0.1, 0.15) is 63.2 Å². The number of nitrogens with zero attached hydrogens (tertiary/aromatic N) is 1. The van der Waals surface area contributed by atoms with Crippen molar-refractivity contribution in [3.63, 3.8) is 0 Å². The summed E-state index contributed by atoms with van der Waals surface area (Å²) in [5, 5.41) is 0. The fourth-order valence-corrected chi connectivity index (χ4v) is 3.84. The molecule has 92 valence electrons. The van der Waals surface area contributed by atoms with Crippen molar-refractivity contribution in [2.24, 2.45) is 5.92 Å². The Morgan fingerprint density at radius 3 is 2.18 bits per heavy atom. The molecule has 17 heavy (non-hydrogen) atoms. The van der Waals surface area contributed by atoms with Gasteiger partial charge in [0.1, 0.15) is 0 Å². The average molecular weight is 229 g/mol. The van der Waals surface area contributed by atoms with Gasteiger partial charge < -0.3 is 0 Å². The van der Waals surface area contributed by atoms with Gasteiger partial charge in [-0.2, -0.15) is 0 Å². The maximum atomic E-state index is 2.78. The number of hydrogen-bond acceptors (Lipinski definition) is 1. The van der Waals surface area contributed by atoms with E-state index >= 15 is 0 Å². The highest BCUT2D eigenvalue weighted by Gasteiger charge is 2.44. The highest BCUT2D eigenvalue weighted by molar-refractivity contribution is 5.39. The van der Waals surface area contributed by atoms with Gasteiger partial charge in [-0.3, -0.25) is 4.90 Å². The minimum Gasteiger partial charge on any atom is -0.287 e. The van der Waals surface area contributed by atoms with E-state index in [-0.39, 0.29) is 0 Å². The molecule has 2 bridgehead atoms. The summed E-state index contributed by atoms with van der Waals surface area (Å²) in [6, 6.07) is 11.2. The van der Waals surface area contributed by atoms with Crippen molar-refractivity contribution in [2.45, 2.75) is 58.2 Å². The molecule has 1 nitrogen and oxygen atoms in total. The molecular formula is C16H23N. The maximum Gasteiger partial charge on any atom is 0.0362 e. The molecule has 3 rings (SSSR count). The third kappa shape index (κ3) is 1.63. The van der Waals surface area contributed by atoms with Crippen LogP contribution in [0.5, 0.6) is 0 Å². The van der Waals surface area contributed by atoms with Crippen molar-refractivity contribution in [3.8, 4) is 0 Å². The smallest absolute Gasteiger partial charge is 0.0362 e. The summed E-state index contributed by atoms with van der Waals surface area (Å²) in [5.74, 6) is 0.873. The Labute approximate surface area is 105 Å². The molecule has 3 unspecified atom stereocenters. The molecule has 1 fully saturated rings. The molecule has 2 heterocycles. The van der Waals surface area contributed by atoms with Crippen LogP contribution in [-0.2, 0) is 0 Å². The number of rotatable bonds is 2. The Hall–Kier alpha value is -0.820. The maximum absolute atomic E-state index is 2.78. The molecule has 0 aromatic heterocycles. The Balaban J connectivity index is 2.03. The molecule has 1 aromatic rings. The lowest BCUT2D eigenvalue weighted by Crippen LogP contribution is -2.39. The zero-order valence-electron chi connectivity index (χ0n) is 11.2. The van der Waals surface area contributed by atoms with E-state index in [2.05, 4.69) is 49.9 Å². The van der Waals surface area contributed by atoms with Crippen LogP contribution in [-0.4, -0.2) is 10.9 Å².